The first-order chi connectivity index (χ1) is 15.2. The third-order valence-corrected chi connectivity index (χ3v) is 7.68. The number of hydrazone groups is 1. The molecule has 0 fully saturated rings. The minimum absolute atomic E-state index is 0.0821. The number of rotatable bonds is 7. The highest BCUT2D eigenvalue weighted by Gasteiger charge is 2.35. The van der Waals surface area contributed by atoms with Crippen LogP contribution < -0.4 is 0 Å². The number of hydrogen-bond acceptors (Lipinski definition) is 8. The molecule has 0 bridgehead atoms. The highest BCUT2D eigenvalue weighted by atomic mass is 32.2. The Labute approximate surface area is 191 Å². The monoisotopic (exact) mass is 469 g/mol. The van der Waals surface area contributed by atoms with E-state index in [4.69, 9.17) is 4.42 Å². The summed E-state index contributed by atoms with van der Waals surface area (Å²) in [5, 5.41) is 19.7. The van der Waals surface area contributed by atoms with Crippen LogP contribution in [-0.4, -0.2) is 37.1 Å². The molecule has 0 aromatic carbocycles. The molecule has 1 aliphatic heterocycles. The number of aromatic nitrogens is 3. The van der Waals surface area contributed by atoms with Crippen LogP contribution in [-0.2, 0) is 11.3 Å². The summed E-state index contributed by atoms with van der Waals surface area (Å²) in [5.41, 5.74) is 0.909. The quantitative estimate of drug-likeness (QED) is 0.350. The molecule has 1 aliphatic rings. The fraction of sp³-hybridized carbons (Fsp3) is 0.238. The van der Waals surface area contributed by atoms with Crippen molar-refractivity contribution in [3.63, 3.8) is 0 Å². The first-order valence-electron chi connectivity index (χ1n) is 9.81. The van der Waals surface area contributed by atoms with Gasteiger partial charge in [0.05, 0.1) is 27.5 Å². The van der Waals surface area contributed by atoms with Crippen molar-refractivity contribution in [2.75, 3.05) is 5.75 Å². The summed E-state index contributed by atoms with van der Waals surface area (Å²) in [6, 6.07) is 11.5. The summed E-state index contributed by atoms with van der Waals surface area (Å²) in [6.07, 6.45) is 2.27. The molecule has 4 aromatic heterocycles. The summed E-state index contributed by atoms with van der Waals surface area (Å²) < 4.78 is 7.65. The van der Waals surface area contributed by atoms with Crippen molar-refractivity contribution < 1.29 is 9.21 Å². The summed E-state index contributed by atoms with van der Waals surface area (Å²) in [6.45, 7) is 2.79. The maximum Gasteiger partial charge on any atom is 0.253 e. The highest BCUT2D eigenvalue weighted by Crippen LogP contribution is 2.35. The molecule has 158 valence electrons. The molecule has 31 heavy (non-hydrogen) atoms. The van der Waals surface area contributed by atoms with Crippen LogP contribution in [0.5, 0.6) is 0 Å². The third kappa shape index (κ3) is 3.98. The lowest BCUT2D eigenvalue weighted by atomic mass is 10.1. The summed E-state index contributed by atoms with van der Waals surface area (Å²) >= 11 is 4.64. The van der Waals surface area contributed by atoms with E-state index in [-0.39, 0.29) is 17.7 Å². The molecule has 4 aromatic rings. The van der Waals surface area contributed by atoms with Crippen LogP contribution >= 0.6 is 34.4 Å². The molecule has 1 amide bonds. The molecule has 0 N–H and O–H groups in total. The first-order valence-corrected chi connectivity index (χ1v) is 12.6. The number of thiophene rings is 2. The Kier molecular flexibility index (Phi) is 5.75. The Balaban J connectivity index is 1.35. The van der Waals surface area contributed by atoms with E-state index in [9.17, 15) is 4.79 Å². The number of carbonyl (C=O) groups is 1. The minimum atomic E-state index is -0.231. The van der Waals surface area contributed by atoms with Crippen LogP contribution in [0.15, 0.2) is 68.1 Å². The predicted octanol–water partition coefficient (Wildman–Crippen LogP) is 5.15. The van der Waals surface area contributed by atoms with Gasteiger partial charge < -0.3 is 8.98 Å². The van der Waals surface area contributed by atoms with Gasteiger partial charge in [-0.1, -0.05) is 23.9 Å². The molecule has 10 heteroatoms. The normalized spacial score (nSPS) is 16.1. The second-order valence-electron chi connectivity index (χ2n) is 6.81. The fourth-order valence-electron chi connectivity index (χ4n) is 3.50. The number of amides is 1. The van der Waals surface area contributed by atoms with Crippen molar-refractivity contribution >= 4 is 46.1 Å². The average Bonchev–Trinajstić information content (AvgIpc) is 3.62. The zero-order valence-electron chi connectivity index (χ0n) is 16.7. The highest BCUT2D eigenvalue weighted by molar-refractivity contribution is 7.99. The summed E-state index contributed by atoms with van der Waals surface area (Å²) in [5.74, 6) is 1.72. The lowest BCUT2D eigenvalue weighted by Crippen LogP contribution is -2.28. The Hall–Kier alpha value is -2.69. The molecule has 0 spiro atoms. The molecule has 0 saturated heterocycles. The zero-order chi connectivity index (χ0) is 21.2. The molecule has 0 saturated carbocycles. The topological polar surface area (TPSA) is 76.5 Å². The van der Waals surface area contributed by atoms with Gasteiger partial charge in [-0.3, -0.25) is 4.79 Å². The number of hydrogen-bond donors (Lipinski definition) is 0. The van der Waals surface area contributed by atoms with E-state index < -0.39 is 0 Å². The first kappa shape index (κ1) is 20.2. The van der Waals surface area contributed by atoms with Crippen molar-refractivity contribution in [1.29, 1.82) is 0 Å². The molecular weight excluding hydrogens is 450 g/mol. The van der Waals surface area contributed by atoms with Gasteiger partial charge in [-0.2, -0.15) is 5.10 Å². The lowest BCUT2D eigenvalue weighted by Gasteiger charge is -2.19. The average molecular weight is 470 g/mol. The van der Waals surface area contributed by atoms with Gasteiger partial charge in [-0.05, 0) is 41.9 Å². The Morgan fingerprint density at radius 2 is 1.97 bits per heavy atom. The number of furan rings is 1. The fourth-order valence-corrected chi connectivity index (χ4v) is 5.79. The van der Waals surface area contributed by atoms with Gasteiger partial charge in [0.15, 0.2) is 11.0 Å². The molecule has 0 radical (unpaired) electrons. The predicted molar refractivity (Wildman–Crippen MR) is 124 cm³/mol. The van der Waals surface area contributed by atoms with Gasteiger partial charge >= 0.3 is 0 Å². The van der Waals surface area contributed by atoms with Gasteiger partial charge in [-0.15, -0.1) is 32.9 Å². The lowest BCUT2D eigenvalue weighted by molar-refractivity contribution is -0.130. The third-order valence-electron chi connectivity index (χ3n) is 4.94. The summed E-state index contributed by atoms with van der Waals surface area (Å²) in [4.78, 5) is 15.3. The van der Waals surface area contributed by atoms with Crippen LogP contribution in [0.4, 0.5) is 0 Å². The van der Waals surface area contributed by atoms with Crippen LogP contribution in [0.1, 0.15) is 30.0 Å². The van der Waals surface area contributed by atoms with E-state index in [2.05, 4.69) is 22.2 Å². The van der Waals surface area contributed by atoms with Crippen LogP contribution in [0, 0.1) is 0 Å². The Morgan fingerprint density at radius 1 is 1.16 bits per heavy atom. The van der Waals surface area contributed by atoms with E-state index in [1.54, 1.807) is 33.9 Å². The van der Waals surface area contributed by atoms with Crippen molar-refractivity contribution in [2.24, 2.45) is 5.10 Å². The number of carbonyl (C=O) groups excluding carboxylic acids is 1. The van der Waals surface area contributed by atoms with E-state index in [0.29, 0.717) is 6.42 Å². The van der Waals surface area contributed by atoms with Crippen molar-refractivity contribution in [3.05, 3.63) is 64.1 Å². The van der Waals surface area contributed by atoms with E-state index in [0.717, 1.165) is 38.8 Å². The molecular formula is C21H19N5O2S3. The second-order valence-corrected chi connectivity index (χ2v) is 9.65. The maximum atomic E-state index is 13.2. The van der Waals surface area contributed by atoms with Gasteiger partial charge in [0.1, 0.15) is 11.8 Å². The smallest absolute Gasteiger partial charge is 0.253 e. The second kappa shape index (κ2) is 8.81. The van der Waals surface area contributed by atoms with E-state index in [1.165, 1.54) is 11.8 Å². The Bertz CT molecular complexity index is 1180. The Morgan fingerprint density at radius 3 is 2.65 bits per heavy atom. The molecule has 1 atom stereocenters. The van der Waals surface area contributed by atoms with E-state index >= 15 is 0 Å². The van der Waals surface area contributed by atoms with Crippen LogP contribution in [0.2, 0.25) is 0 Å². The molecule has 1 unspecified atom stereocenters. The maximum absolute atomic E-state index is 13.2. The van der Waals surface area contributed by atoms with Gasteiger partial charge in [0.2, 0.25) is 0 Å². The van der Waals surface area contributed by atoms with Crippen molar-refractivity contribution in [3.8, 4) is 10.7 Å². The molecule has 7 nitrogen and oxygen atoms in total. The molecule has 5 heterocycles. The minimum Gasteiger partial charge on any atom is -0.467 e. The molecule has 5 rings (SSSR count). The summed E-state index contributed by atoms with van der Waals surface area (Å²) in [7, 11) is 0. The van der Waals surface area contributed by atoms with E-state index in [1.807, 2.05) is 51.7 Å². The van der Waals surface area contributed by atoms with Gasteiger partial charge in [-0.25, -0.2) is 5.01 Å². The zero-order valence-corrected chi connectivity index (χ0v) is 19.1. The van der Waals surface area contributed by atoms with Crippen molar-refractivity contribution in [2.45, 2.75) is 31.1 Å². The van der Waals surface area contributed by atoms with Gasteiger partial charge in [0.25, 0.3) is 5.91 Å². The van der Waals surface area contributed by atoms with Crippen LogP contribution in [0.3, 0.4) is 0 Å². The van der Waals surface area contributed by atoms with Gasteiger partial charge in [0, 0.05) is 13.0 Å². The standard InChI is InChI=1S/C21H19N5O2S3/c1-2-25-20(18-8-5-11-30-18)22-23-21(25)31-13-19(27)26-15(16-6-3-9-28-16)12-14(24-26)17-7-4-10-29-17/h3-11,15H,2,12-13H2,1H3. The molecule has 0 aliphatic carbocycles. The largest absolute Gasteiger partial charge is 0.467 e. The number of nitrogens with zero attached hydrogens (tertiary/aromatic N) is 5. The number of thioether (sulfide) groups is 1. The van der Waals surface area contributed by atoms with Crippen molar-refractivity contribution in [1.82, 2.24) is 19.8 Å². The van der Waals surface area contributed by atoms with Crippen LogP contribution in [0.25, 0.3) is 10.7 Å². The SMILES string of the molecule is CCn1c(SCC(=O)N2N=C(c3cccs3)CC2c2ccco2)nnc1-c1cccs1.